The Labute approximate surface area is 104 Å². The van der Waals surface area contributed by atoms with Crippen molar-refractivity contribution in [2.45, 2.75) is 13.8 Å². The Morgan fingerprint density at radius 3 is 2.41 bits per heavy atom. The van der Waals surface area contributed by atoms with Crippen LogP contribution >= 0.6 is 11.7 Å². The smallest absolute Gasteiger partial charge is 0.108 e. The summed E-state index contributed by atoms with van der Waals surface area (Å²) in [4.78, 5) is 0. The molecular formula is C14H12N2S. The fourth-order valence-electron chi connectivity index (χ4n) is 2.13. The van der Waals surface area contributed by atoms with Crippen LogP contribution in [-0.4, -0.2) is 8.75 Å². The lowest BCUT2D eigenvalue weighted by Gasteiger charge is -2.08. The molecule has 2 aromatic carbocycles. The topological polar surface area (TPSA) is 25.8 Å². The molecule has 1 aromatic heterocycles. The molecule has 0 spiro atoms. The van der Waals surface area contributed by atoms with E-state index in [2.05, 4.69) is 52.9 Å². The van der Waals surface area contributed by atoms with Crippen molar-refractivity contribution >= 4 is 22.8 Å². The third-order valence-corrected chi connectivity index (χ3v) is 3.60. The van der Waals surface area contributed by atoms with Crippen molar-refractivity contribution < 1.29 is 0 Å². The van der Waals surface area contributed by atoms with Crippen LogP contribution in [0.4, 0.5) is 0 Å². The summed E-state index contributed by atoms with van der Waals surface area (Å²) in [5.41, 5.74) is 6.97. The molecule has 0 aliphatic heterocycles. The van der Waals surface area contributed by atoms with Gasteiger partial charge in [0.05, 0.1) is 11.7 Å². The number of hydrogen-bond acceptors (Lipinski definition) is 3. The van der Waals surface area contributed by atoms with Gasteiger partial charge in [0.2, 0.25) is 0 Å². The lowest BCUT2D eigenvalue weighted by molar-refractivity contribution is 1.41. The van der Waals surface area contributed by atoms with E-state index in [1.165, 1.54) is 34.0 Å². The molecule has 0 bridgehead atoms. The highest BCUT2D eigenvalue weighted by Gasteiger charge is 2.11. The van der Waals surface area contributed by atoms with Gasteiger partial charge in [0.1, 0.15) is 11.0 Å². The monoisotopic (exact) mass is 240 g/mol. The molecule has 0 aliphatic carbocycles. The van der Waals surface area contributed by atoms with Crippen LogP contribution in [0.25, 0.3) is 22.2 Å². The van der Waals surface area contributed by atoms with E-state index in [0.717, 1.165) is 11.0 Å². The summed E-state index contributed by atoms with van der Waals surface area (Å²) < 4.78 is 8.74. The summed E-state index contributed by atoms with van der Waals surface area (Å²) in [6, 6.07) is 12.6. The van der Waals surface area contributed by atoms with Gasteiger partial charge in [-0.25, -0.2) is 0 Å². The van der Waals surface area contributed by atoms with E-state index in [4.69, 9.17) is 0 Å². The second-order valence-corrected chi connectivity index (χ2v) is 4.72. The number of hydrogen-bond donors (Lipinski definition) is 0. The summed E-state index contributed by atoms with van der Waals surface area (Å²) in [6.45, 7) is 4.21. The van der Waals surface area contributed by atoms with E-state index in [1.807, 2.05) is 6.07 Å². The van der Waals surface area contributed by atoms with Crippen LogP contribution in [0.1, 0.15) is 11.1 Å². The standard InChI is InChI=1S/C14H12N2S/c1-9-8-12(11-6-4-3-5-7-11)10(2)14-13(9)15-17-16-14/h3-8H,1-2H3. The molecule has 0 fully saturated rings. The molecule has 3 heteroatoms. The molecule has 84 valence electrons. The average molecular weight is 240 g/mol. The van der Waals surface area contributed by atoms with Gasteiger partial charge in [0.25, 0.3) is 0 Å². The van der Waals surface area contributed by atoms with E-state index in [0.29, 0.717) is 0 Å². The molecule has 3 rings (SSSR count). The Morgan fingerprint density at radius 1 is 0.941 bits per heavy atom. The van der Waals surface area contributed by atoms with Crippen LogP contribution < -0.4 is 0 Å². The van der Waals surface area contributed by atoms with Gasteiger partial charge in [-0.3, -0.25) is 0 Å². The molecule has 1 heterocycles. The van der Waals surface area contributed by atoms with Crippen LogP contribution in [0.2, 0.25) is 0 Å². The number of benzene rings is 2. The molecule has 0 N–H and O–H groups in total. The van der Waals surface area contributed by atoms with Crippen LogP contribution in [0.3, 0.4) is 0 Å². The molecule has 0 atom stereocenters. The summed E-state index contributed by atoms with van der Waals surface area (Å²) in [5.74, 6) is 0. The number of aryl methyl sites for hydroxylation is 2. The zero-order valence-electron chi connectivity index (χ0n) is 9.77. The first-order valence-corrected chi connectivity index (χ1v) is 6.28. The predicted octanol–water partition coefficient (Wildman–Crippen LogP) is 3.98. The van der Waals surface area contributed by atoms with Crippen LogP contribution in [-0.2, 0) is 0 Å². The summed E-state index contributed by atoms with van der Waals surface area (Å²) in [6.07, 6.45) is 0. The molecule has 0 radical (unpaired) electrons. The van der Waals surface area contributed by atoms with E-state index in [-0.39, 0.29) is 0 Å². The third kappa shape index (κ3) is 1.63. The van der Waals surface area contributed by atoms with Gasteiger partial charge in [0.15, 0.2) is 0 Å². The van der Waals surface area contributed by atoms with Gasteiger partial charge in [-0.2, -0.15) is 8.75 Å². The van der Waals surface area contributed by atoms with Gasteiger partial charge >= 0.3 is 0 Å². The van der Waals surface area contributed by atoms with Gasteiger partial charge in [-0.15, -0.1) is 0 Å². The van der Waals surface area contributed by atoms with Crippen molar-refractivity contribution in [3.05, 3.63) is 47.5 Å². The summed E-state index contributed by atoms with van der Waals surface area (Å²) >= 11 is 1.29. The zero-order chi connectivity index (χ0) is 11.8. The van der Waals surface area contributed by atoms with E-state index < -0.39 is 0 Å². The van der Waals surface area contributed by atoms with Crippen molar-refractivity contribution in [2.24, 2.45) is 0 Å². The Balaban J connectivity index is 2.34. The largest absolute Gasteiger partial charge is 0.173 e. The first-order valence-electron chi connectivity index (χ1n) is 5.55. The minimum atomic E-state index is 1.03. The first-order chi connectivity index (χ1) is 8.27. The normalized spacial score (nSPS) is 10.9. The average Bonchev–Trinajstić information content (AvgIpc) is 2.85. The van der Waals surface area contributed by atoms with Crippen molar-refractivity contribution in [1.82, 2.24) is 8.75 Å². The molecule has 0 saturated carbocycles. The van der Waals surface area contributed by atoms with Crippen LogP contribution in [0.5, 0.6) is 0 Å². The van der Waals surface area contributed by atoms with Gasteiger partial charge in [-0.05, 0) is 42.2 Å². The maximum absolute atomic E-state index is 4.40. The van der Waals surface area contributed by atoms with Gasteiger partial charge in [-0.1, -0.05) is 30.3 Å². The van der Waals surface area contributed by atoms with E-state index in [9.17, 15) is 0 Å². The van der Waals surface area contributed by atoms with Gasteiger partial charge in [0, 0.05) is 0 Å². The Bertz CT molecular complexity index is 671. The highest BCUT2D eigenvalue weighted by molar-refractivity contribution is 7.00. The van der Waals surface area contributed by atoms with Crippen molar-refractivity contribution in [3.8, 4) is 11.1 Å². The predicted molar refractivity (Wildman–Crippen MR) is 72.3 cm³/mol. The van der Waals surface area contributed by atoms with E-state index >= 15 is 0 Å². The lowest BCUT2D eigenvalue weighted by atomic mass is 9.97. The fraction of sp³-hybridized carbons (Fsp3) is 0.143. The second kappa shape index (κ2) is 3.93. The lowest BCUT2D eigenvalue weighted by Crippen LogP contribution is -1.88. The number of rotatable bonds is 1. The highest BCUT2D eigenvalue weighted by atomic mass is 32.1. The van der Waals surface area contributed by atoms with Crippen molar-refractivity contribution in [2.75, 3.05) is 0 Å². The molecular weight excluding hydrogens is 228 g/mol. The number of nitrogens with zero attached hydrogens (tertiary/aromatic N) is 2. The van der Waals surface area contributed by atoms with Crippen molar-refractivity contribution in [3.63, 3.8) is 0 Å². The minimum absolute atomic E-state index is 1.03. The molecule has 0 amide bonds. The first kappa shape index (κ1) is 10.4. The minimum Gasteiger partial charge on any atom is -0.173 e. The number of fused-ring (bicyclic) bond motifs is 1. The molecule has 3 aromatic rings. The number of aromatic nitrogens is 2. The SMILES string of the molecule is Cc1cc(-c2ccccc2)c(C)c2nsnc12. The van der Waals surface area contributed by atoms with Crippen molar-refractivity contribution in [1.29, 1.82) is 0 Å². The van der Waals surface area contributed by atoms with Crippen LogP contribution in [0.15, 0.2) is 36.4 Å². The Kier molecular flexibility index (Phi) is 2.41. The Morgan fingerprint density at radius 2 is 1.65 bits per heavy atom. The molecule has 0 aliphatic rings. The fourth-order valence-corrected chi connectivity index (χ4v) is 2.79. The maximum atomic E-state index is 4.40. The third-order valence-electron chi connectivity index (χ3n) is 3.07. The van der Waals surface area contributed by atoms with Gasteiger partial charge < -0.3 is 0 Å². The maximum Gasteiger partial charge on any atom is 0.108 e. The second-order valence-electron chi connectivity index (χ2n) is 4.19. The van der Waals surface area contributed by atoms with E-state index in [1.54, 1.807) is 0 Å². The molecule has 0 unspecified atom stereocenters. The summed E-state index contributed by atoms with van der Waals surface area (Å²) in [5, 5.41) is 0. The Hall–Kier alpha value is -1.74. The zero-order valence-corrected chi connectivity index (χ0v) is 10.6. The quantitative estimate of drug-likeness (QED) is 0.643. The molecule has 0 saturated heterocycles. The highest BCUT2D eigenvalue weighted by Crippen LogP contribution is 2.30. The molecule has 17 heavy (non-hydrogen) atoms. The molecule has 2 nitrogen and oxygen atoms in total. The van der Waals surface area contributed by atoms with Crippen LogP contribution in [0, 0.1) is 13.8 Å². The summed E-state index contributed by atoms with van der Waals surface area (Å²) in [7, 11) is 0.